The summed E-state index contributed by atoms with van der Waals surface area (Å²) in [5, 5.41) is 0. The Morgan fingerprint density at radius 3 is 2.45 bits per heavy atom. The van der Waals surface area contributed by atoms with Crippen molar-refractivity contribution in [3.05, 3.63) is 59.2 Å². The number of esters is 1. The van der Waals surface area contributed by atoms with Gasteiger partial charge in [0.15, 0.2) is 5.78 Å². The topological polar surface area (TPSA) is 78.6 Å². The van der Waals surface area contributed by atoms with Crippen LogP contribution in [0.3, 0.4) is 0 Å². The number of hydrogen-bond donors (Lipinski definition) is 1. The van der Waals surface area contributed by atoms with Crippen LogP contribution >= 0.6 is 0 Å². The van der Waals surface area contributed by atoms with Gasteiger partial charge in [0.1, 0.15) is 12.4 Å². The van der Waals surface area contributed by atoms with Gasteiger partial charge in [0.25, 0.3) is 0 Å². The molecule has 22 heavy (non-hydrogen) atoms. The Morgan fingerprint density at radius 1 is 1.09 bits per heavy atom. The van der Waals surface area contributed by atoms with Crippen LogP contribution in [-0.4, -0.2) is 18.9 Å². The normalized spacial score (nSPS) is 10.1. The molecule has 0 saturated carbocycles. The van der Waals surface area contributed by atoms with E-state index >= 15 is 0 Å². The number of nitrogens with two attached hydrogens (primary N) is 1. The molecule has 2 rings (SSSR count). The third kappa shape index (κ3) is 3.44. The predicted molar refractivity (Wildman–Crippen MR) is 83.0 cm³/mol. The van der Waals surface area contributed by atoms with E-state index in [0.29, 0.717) is 17.0 Å². The zero-order valence-corrected chi connectivity index (χ0v) is 12.5. The number of Topliss-reactive ketones (excluding diaryl/α,β-unsaturated/α-hetero) is 1. The van der Waals surface area contributed by atoms with E-state index in [4.69, 9.17) is 15.2 Å². The molecule has 0 aliphatic rings. The Hall–Kier alpha value is -2.82. The second kappa shape index (κ2) is 6.76. The van der Waals surface area contributed by atoms with Gasteiger partial charge in [-0.3, -0.25) is 4.79 Å². The van der Waals surface area contributed by atoms with Crippen LogP contribution in [0.4, 0.5) is 5.69 Å². The number of ketones is 1. The van der Waals surface area contributed by atoms with Crippen molar-refractivity contribution < 1.29 is 19.1 Å². The maximum Gasteiger partial charge on any atom is 0.338 e. The van der Waals surface area contributed by atoms with Crippen molar-refractivity contribution in [3.8, 4) is 5.75 Å². The summed E-state index contributed by atoms with van der Waals surface area (Å²) in [5.74, 6) is -0.317. The summed E-state index contributed by atoms with van der Waals surface area (Å²) < 4.78 is 10.3. The van der Waals surface area contributed by atoms with E-state index in [2.05, 4.69) is 0 Å². The zero-order valence-electron chi connectivity index (χ0n) is 12.5. The number of carbonyl (C=O) groups is 2. The maximum absolute atomic E-state index is 11.8. The number of ether oxygens (including phenoxy) is 2. The van der Waals surface area contributed by atoms with Crippen LogP contribution in [0.2, 0.25) is 0 Å². The largest absolute Gasteiger partial charge is 0.489 e. The molecular weight excluding hydrogens is 282 g/mol. The molecule has 5 heteroatoms. The van der Waals surface area contributed by atoms with Gasteiger partial charge in [-0.1, -0.05) is 18.2 Å². The fourth-order valence-corrected chi connectivity index (χ4v) is 2.03. The van der Waals surface area contributed by atoms with Crippen molar-refractivity contribution in [2.75, 3.05) is 12.8 Å². The van der Waals surface area contributed by atoms with Crippen LogP contribution in [-0.2, 0) is 11.3 Å². The summed E-state index contributed by atoms with van der Waals surface area (Å²) in [7, 11) is 1.27. The van der Waals surface area contributed by atoms with E-state index in [0.717, 1.165) is 5.56 Å². The van der Waals surface area contributed by atoms with Crippen molar-refractivity contribution in [1.29, 1.82) is 0 Å². The van der Waals surface area contributed by atoms with Crippen LogP contribution in [0.25, 0.3) is 0 Å². The summed E-state index contributed by atoms with van der Waals surface area (Å²) >= 11 is 0. The molecule has 2 N–H and O–H groups in total. The van der Waals surface area contributed by atoms with Crippen molar-refractivity contribution in [3.63, 3.8) is 0 Å². The molecule has 0 fully saturated rings. The van der Waals surface area contributed by atoms with E-state index in [9.17, 15) is 9.59 Å². The lowest BCUT2D eigenvalue weighted by Crippen LogP contribution is -2.09. The van der Waals surface area contributed by atoms with Gasteiger partial charge in [-0.05, 0) is 31.2 Å². The van der Waals surface area contributed by atoms with Gasteiger partial charge in [0.2, 0.25) is 0 Å². The van der Waals surface area contributed by atoms with Gasteiger partial charge >= 0.3 is 5.97 Å². The first kappa shape index (κ1) is 15.6. The van der Waals surface area contributed by atoms with Crippen molar-refractivity contribution in [1.82, 2.24) is 0 Å². The molecule has 0 radical (unpaired) electrons. The fraction of sp³-hybridized carbons (Fsp3) is 0.176. The smallest absolute Gasteiger partial charge is 0.338 e. The van der Waals surface area contributed by atoms with Crippen molar-refractivity contribution in [2.24, 2.45) is 0 Å². The number of para-hydroxylation sites is 1. The van der Waals surface area contributed by atoms with Gasteiger partial charge < -0.3 is 15.2 Å². The van der Waals surface area contributed by atoms with Crippen molar-refractivity contribution in [2.45, 2.75) is 13.5 Å². The predicted octanol–water partition coefficient (Wildman–Crippen LogP) is 2.84. The molecule has 0 bridgehead atoms. The molecule has 114 valence electrons. The SMILES string of the molecule is COC(=O)c1cc(OCc2ccccc2N)ccc1C(C)=O. The average Bonchev–Trinajstić information content (AvgIpc) is 2.53. The first-order valence-electron chi connectivity index (χ1n) is 6.72. The molecule has 2 aromatic carbocycles. The molecule has 0 atom stereocenters. The second-order valence-electron chi connectivity index (χ2n) is 4.74. The highest BCUT2D eigenvalue weighted by molar-refractivity contribution is 6.05. The van der Waals surface area contributed by atoms with Gasteiger partial charge in [-0.15, -0.1) is 0 Å². The van der Waals surface area contributed by atoms with Gasteiger partial charge in [-0.2, -0.15) is 0 Å². The molecule has 0 aliphatic heterocycles. The monoisotopic (exact) mass is 299 g/mol. The van der Waals surface area contributed by atoms with E-state index in [1.54, 1.807) is 18.2 Å². The van der Waals surface area contributed by atoms with Gasteiger partial charge in [0, 0.05) is 16.8 Å². The second-order valence-corrected chi connectivity index (χ2v) is 4.74. The molecule has 0 saturated heterocycles. The van der Waals surface area contributed by atoms with Crippen LogP contribution in [0.5, 0.6) is 5.75 Å². The Balaban J connectivity index is 2.24. The average molecular weight is 299 g/mol. The lowest BCUT2D eigenvalue weighted by molar-refractivity contribution is 0.0596. The quantitative estimate of drug-likeness (QED) is 0.522. The number of anilines is 1. The van der Waals surface area contributed by atoms with E-state index in [1.165, 1.54) is 20.1 Å². The number of carbonyl (C=O) groups excluding carboxylic acids is 2. The molecule has 0 spiro atoms. The summed E-state index contributed by atoms with van der Waals surface area (Å²) in [6.45, 7) is 1.67. The maximum atomic E-state index is 11.8. The van der Waals surface area contributed by atoms with Crippen LogP contribution in [0.1, 0.15) is 33.2 Å². The third-order valence-electron chi connectivity index (χ3n) is 3.23. The van der Waals surface area contributed by atoms with E-state index in [-0.39, 0.29) is 18.0 Å². The molecule has 0 aromatic heterocycles. The van der Waals surface area contributed by atoms with Gasteiger partial charge in [0.05, 0.1) is 12.7 Å². The molecular formula is C17H17NO4. The Labute approximate surface area is 128 Å². The Morgan fingerprint density at radius 2 is 1.82 bits per heavy atom. The fourth-order valence-electron chi connectivity index (χ4n) is 2.03. The van der Waals surface area contributed by atoms with E-state index < -0.39 is 5.97 Å². The third-order valence-corrected chi connectivity index (χ3v) is 3.23. The lowest BCUT2D eigenvalue weighted by Gasteiger charge is -2.11. The molecule has 0 unspecified atom stereocenters. The number of methoxy groups -OCH3 is 1. The zero-order chi connectivity index (χ0) is 16.1. The first-order valence-corrected chi connectivity index (χ1v) is 6.72. The highest BCUT2D eigenvalue weighted by Gasteiger charge is 2.16. The highest BCUT2D eigenvalue weighted by Crippen LogP contribution is 2.21. The Bertz CT molecular complexity index is 710. The Kier molecular flexibility index (Phi) is 4.78. The van der Waals surface area contributed by atoms with Crippen LogP contribution in [0.15, 0.2) is 42.5 Å². The number of rotatable bonds is 5. The summed E-state index contributed by atoms with van der Waals surface area (Å²) in [6, 6.07) is 12.1. The molecule has 0 aliphatic carbocycles. The molecule has 0 amide bonds. The summed E-state index contributed by atoms with van der Waals surface area (Å²) in [6.07, 6.45) is 0. The highest BCUT2D eigenvalue weighted by atomic mass is 16.5. The lowest BCUT2D eigenvalue weighted by atomic mass is 10.0. The minimum absolute atomic E-state index is 0.188. The van der Waals surface area contributed by atoms with Crippen LogP contribution < -0.4 is 10.5 Å². The number of nitrogen functional groups attached to an aromatic ring is 1. The molecule has 0 heterocycles. The van der Waals surface area contributed by atoms with Gasteiger partial charge in [-0.25, -0.2) is 4.79 Å². The van der Waals surface area contributed by atoms with Crippen LogP contribution in [0, 0.1) is 0 Å². The number of benzene rings is 2. The van der Waals surface area contributed by atoms with Crippen molar-refractivity contribution >= 4 is 17.4 Å². The number of hydrogen-bond acceptors (Lipinski definition) is 5. The molecule has 2 aromatic rings. The summed E-state index contributed by atoms with van der Waals surface area (Å²) in [5.41, 5.74) is 7.82. The van der Waals surface area contributed by atoms with E-state index in [1.807, 2.05) is 18.2 Å². The summed E-state index contributed by atoms with van der Waals surface area (Å²) in [4.78, 5) is 23.3. The molecule has 5 nitrogen and oxygen atoms in total. The minimum atomic E-state index is -0.574. The standard InChI is InChI=1S/C17H17NO4/c1-11(19)14-8-7-13(9-15(14)17(20)21-2)22-10-12-5-3-4-6-16(12)18/h3-9H,10,18H2,1-2H3. The first-order chi connectivity index (χ1) is 10.5. The minimum Gasteiger partial charge on any atom is -0.489 e.